The molecule has 0 fully saturated rings. The van der Waals surface area contributed by atoms with Gasteiger partial charge in [0.05, 0.1) is 6.07 Å². The van der Waals surface area contributed by atoms with Crippen LogP contribution in [0.4, 0.5) is 0 Å². The van der Waals surface area contributed by atoms with E-state index in [2.05, 4.69) is 41.6 Å². The first-order valence-electron chi connectivity index (χ1n) is 5.17. The van der Waals surface area contributed by atoms with Gasteiger partial charge in [0.1, 0.15) is 0 Å². The number of hydrogen-bond donors (Lipinski definition) is 0. The molecule has 16 heavy (non-hydrogen) atoms. The first-order chi connectivity index (χ1) is 7.33. The highest BCUT2D eigenvalue weighted by atomic mass is 79.9. The van der Waals surface area contributed by atoms with Gasteiger partial charge in [-0.05, 0) is 38.2 Å². The van der Waals surface area contributed by atoms with E-state index in [9.17, 15) is 0 Å². The van der Waals surface area contributed by atoms with E-state index in [1.165, 1.54) is 5.56 Å². The van der Waals surface area contributed by atoms with Gasteiger partial charge in [0, 0.05) is 10.0 Å². The Hall–Kier alpha value is -0.633. The van der Waals surface area contributed by atoms with Crippen molar-refractivity contribution in [2.45, 2.75) is 32.7 Å². The van der Waals surface area contributed by atoms with E-state index in [1.807, 2.05) is 25.1 Å². The van der Waals surface area contributed by atoms with Gasteiger partial charge < -0.3 is 4.43 Å². The van der Waals surface area contributed by atoms with E-state index in [4.69, 9.17) is 9.69 Å². The molecule has 0 aliphatic heterocycles. The minimum absolute atomic E-state index is 0.471. The molecular weight excluding hydrogens is 282 g/mol. The van der Waals surface area contributed by atoms with Crippen molar-refractivity contribution in [1.29, 1.82) is 5.26 Å². The Balaban J connectivity index is 3.01. The van der Waals surface area contributed by atoms with E-state index in [1.54, 1.807) is 0 Å². The summed E-state index contributed by atoms with van der Waals surface area (Å²) in [7, 11) is -1.70. The molecule has 1 aromatic rings. The average molecular weight is 298 g/mol. The Morgan fingerprint density at radius 1 is 1.38 bits per heavy atom. The second-order valence-corrected chi connectivity index (χ2v) is 10.1. The molecule has 0 aromatic heterocycles. The standard InChI is InChI=1S/C12H16BrNOSi/c1-9-5-6-10(11(13)7-9)12(8-14)15-16(2,3)4/h5-7,12H,1-4H3. The lowest BCUT2D eigenvalue weighted by Gasteiger charge is -2.22. The molecule has 0 aliphatic carbocycles. The summed E-state index contributed by atoms with van der Waals surface area (Å²) >= 11 is 3.48. The van der Waals surface area contributed by atoms with Crippen LogP contribution in [0.2, 0.25) is 19.6 Å². The van der Waals surface area contributed by atoms with Gasteiger partial charge in [0.15, 0.2) is 14.4 Å². The summed E-state index contributed by atoms with van der Waals surface area (Å²) in [5, 5.41) is 9.16. The van der Waals surface area contributed by atoms with E-state index in [0.717, 1.165) is 10.0 Å². The van der Waals surface area contributed by atoms with Gasteiger partial charge in [-0.3, -0.25) is 0 Å². The SMILES string of the molecule is Cc1ccc(C(C#N)O[Si](C)(C)C)c(Br)c1. The maximum atomic E-state index is 9.16. The maximum absolute atomic E-state index is 9.16. The lowest BCUT2D eigenvalue weighted by molar-refractivity contribution is 0.254. The zero-order chi connectivity index (χ0) is 12.3. The van der Waals surface area contributed by atoms with Crippen LogP contribution in [-0.4, -0.2) is 8.32 Å². The summed E-state index contributed by atoms with van der Waals surface area (Å²) in [6, 6.07) is 8.17. The molecule has 4 heteroatoms. The highest BCUT2D eigenvalue weighted by Gasteiger charge is 2.23. The zero-order valence-electron chi connectivity index (χ0n) is 10.0. The van der Waals surface area contributed by atoms with Crippen molar-refractivity contribution in [2.75, 3.05) is 0 Å². The molecule has 1 atom stereocenters. The van der Waals surface area contributed by atoms with Crippen LogP contribution in [0.15, 0.2) is 22.7 Å². The molecule has 0 bridgehead atoms. The minimum Gasteiger partial charge on any atom is -0.399 e. The molecule has 0 amide bonds. The van der Waals surface area contributed by atoms with Crippen molar-refractivity contribution in [3.8, 4) is 6.07 Å². The average Bonchev–Trinajstić information content (AvgIpc) is 2.13. The van der Waals surface area contributed by atoms with Crippen LogP contribution in [-0.2, 0) is 4.43 Å². The van der Waals surface area contributed by atoms with Gasteiger partial charge in [-0.15, -0.1) is 0 Å². The normalized spacial score (nSPS) is 13.2. The number of halogens is 1. The van der Waals surface area contributed by atoms with Crippen molar-refractivity contribution in [2.24, 2.45) is 0 Å². The van der Waals surface area contributed by atoms with Gasteiger partial charge in [0.25, 0.3) is 0 Å². The van der Waals surface area contributed by atoms with Crippen molar-refractivity contribution in [3.63, 3.8) is 0 Å². The number of rotatable bonds is 3. The molecule has 0 spiro atoms. The molecule has 0 aliphatic rings. The molecule has 1 rings (SSSR count). The Labute approximate surface area is 106 Å². The molecule has 0 N–H and O–H groups in total. The fourth-order valence-electron chi connectivity index (χ4n) is 1.36. The Kier molecular flexibility index (Phi) is 4.31. The van der Waals surface area contributed by atoms with Crippen LogP contribution in [0.1, 0.15) is 17.2 Å². The molecule has 0 heterocycles. The van der Waals surface area contributed by atoms with Crippen LogP contribution >= 0.6 is 15.9 Å². The van der Waals surface area contributed by atoms with E-state index in [-0.39, 0.29) is 0 Å². The predicted molar refractivity (Wildman–Crippen MR) is 71.7 cm³/mol. The summed E-state index contributed by atoms with van der Waals surface area (Å²) in [6.07, 6.45) is -0.471. The summed E-state index contributed by atoms with van der Waals surface area (Å²) in [5.74, 6) is 0. The monoisotopic (exact) mass is 297 g/mol. The fourth-order valence-corrected chi connectivity index (χ4v) is 2.95. The topological polar surface area (TPSA) is 33.0 Å². The lowest BCUT2D eigenvalue weighted by atomic mass is 10.1. The first kappa shape index (κ1) is 13.4. The molecule has 86 valence electrons. The van der Waals surface area contributed by atoms with Crippen LogP contribution in [0.5, 0.6) is 0 Å². The van der Waals surface area contributed by atoms with E-state index >= 15 is 0 Å². The van der Waals surface area contributed by atoms with Gasteiger partial charge >= 0.3 is 0 Å². The number of nitrogens with zero attached hydrogens (tertiary/aromatic N) is 1. The van der Waals surface area contributed by atoms with Gasteiger partial charge in [-0.25, -0.2) is 0 Å². The molecule has 0 saturated heterocycles. The highest BCUT2D eigenvalue weighted by Crippen LogP contribution is 2.28. The van der Waals surface area contributed by atoms with Crippen molar-refractivity contribution < 1.29 is 4.43 Å². The largest absolute Gasteiger partial charge is 0.399 e. The maximum Gasteiger partial charge on any atom is 0.186 e. The summed E-state index contributed by atoms with van der Waals surface area (Å²) < 4.78 is 6.78. The van der Waals surface area contributed by atoms with Crippen LogP contribution in [0.25, 0.3) is 0 Å². The van der Waals surface area contributed by atoms with Crippen LogP contribution in [0.3, 0.4) is 0 Å². The molecule has 1 aromatic carbocycles. The highest BCUT2D eigenvalue weighted by molar-refractivity contribution is 9.10. The third kappa shape index (κ3) is 3.74. The van der Waals surface area contributed by atoms with Crippen LogP contribution in [0, 0.1) is 18.3 Å². The Morgan fingerprint density at radius 3 is 2.44 bits per heavy atom. The Bertz CT molecular complexity index is 420. The second kappa shape index (κ2) is 5.13. The van der Waals surface area contributed by atoms with Gasteiger partial charge in [-0.2, -0.15) is 5.26 Å². The third-order valence-electron chi connectivity index (χ3n) is 2.03. The van der Waals surface area contributed by atoms with Gasteiger partial charge in [-0.1, -0.05) is 28.1 Å². The van der Waals surface area contributed by atoms with E-state index in [0.29, 0.717) is 0 Å². The summed E-state index contributed by atoms with van der Waals surface area (Å²) in [4.78, 5) is 0. The number of nitriles is 1. The van der Waals surface area contributed by atoms with E-state index < -0.39 is 14.4 Å². The quantitative estimate of drug-likeness (QED) is 0.784. The van der Waals surface area contributed by atoms with Gasteiger partial charge in [0.2, 0.25) is 0 Å². The summed E-state index contributed by atoms with van der Waals surface area (Å²) in [6.45, 7) is 8.27. The minimum atomic E-state index is -1.70. The molecular formula is C12H16BrNOSi. The molecule has 0 saturated carbocycles. The first-order valence-corrected chi connectivity index (χ1v) is 9.37. The number of hydrogen-bond acceptors (Lipinski definition) is 2. The zero-order valence-corrected chi connectivity index (χ0v) is 12.6. The van der Waals surface area contributed by atoms with Crippen molar-refractivity contribution in [3.05, 3.63) is 33.8 Å². The Morgan fingerprint density at radius 2 is 2.00 bits per heavy atom. The molecule has 0 radical (unpaired) electrons. The van der Waals surface area contributed by atoms with Crippen molar-refractivity contribution >= 4 is 24.2 Å². The predicted octanol–water partition coefficient (Wildman–Crippen LogP) is 4.17. The number of aryl methyl sites for hydroxylation is 1. The lowest BCUT2D eigenvalue weighted by Crippen LogP contribution is -2.27. The van der Waals surface area contributed by atoms with Crippen molar-refractivity contribution in [1.82, 2.24) is 0 Å². The second-order valence-electron chi connectivity index (χ2n) is 4.76. The van der Waals surface area contributed by atoms with Crippen LogP contribution < -0.4 is 0 Å². The molecule has 2 nitrogen and oxygen atoms in total. The molecule has 1 unspecified atom stereocenters. The fraction of sp³-hybridized carbons (Fsp3) is 0.417. The number of benzene rings is 1. The smallest absolute Gasteiger partial charge is 0.186 e. The third-order valence-corrected chi connectivity index (χ3v) is 3.66. The summed E-state index contributed by atoms with van der Waals surface area (Å²) in [5.41, 5.74) is 2.08.